The molecular weight excluding hydrogens is 406 g/mol. The number of benzene rings is 1. The third-order valence-corrected chi connectivity index (χ3v) is 4.53. The molecule has 0 heterocycles. The highest BCUT2D eigenvalue weighted by atomic mass is 19.4. The molecule has 0 N–H and O–H groups in total. The van der Waals surface area contributed by atoms with Crippen LogP contribution in [0.25, 0.3) is 0 Å². The Morgan fingerprint density at radius 2 is 1.07 bits per heavy atom. The van der Waals surface area contributed by atoms with Crippen molar-refractivity contribution in [3.63, 3.8) is 0 Å². The van der Waals surface area contributed by atoms with Crippen LogP contribution < -0.4 is 0 Å². The highest BCUT2D eigenvalue weighted by Crippen LogP contribution is 2.52. The molecule has 1 unspecified atom stereocenters. The smallest absolute Gasteiger partial charge is 0.191 e. The van der Waals surface area contributed by atoms with Gasteiger partial charge in [0.1, 0.15) is 0 Å². The van der Waals surface area contributed by atoms with Crippen molar-refractivity contribution in [3.05, 3.63) is 34.4 Å². The summed E-state index contributed by atoms with van der Waals surface area (Å²) in [4.78, 5) is 0. The number of alkyl halides is 10. The molecule has 0 radical (unpaired) electrons. The standard InChI is InChI=1S/C18H20F10/c1-6-9(2)10-7-13(16(21,22)18(26,27)28)12(14(3,4)5)8-11(10)15(19,20)17(23,24)25/h7-9H,6H2,1-5H3. The maximum atomic E-state index is 14.1. The van der Waals surface area contributed by atoms with Gasteiger partial charge in [-0.3, -0.25) is 0 Å². The quantitative estimate of drug-likeness (QED) is 0.431. The Balaban J connectivity index is 4.09. The molecule has 1 atom stereocenters. The van der Waals surface area contributed by atoms with Crippen LogP contribution in [0.1, 0.15) is 69.2 Å². The number of hydrogen-bond acceptors (Lipinski definition) is 0. The molecule has 162 valence electrons. The molecule has 0 saturated heterocycles. The molecular formula is C18H20F10. The Labute approximate surface area is 155 Å². The summed E-state index contributed by atoms with van der Waals surface area (Å²) in [6.07, 6.45) is -12.1. The van der Waals surface area contributed by atoms with Crippen LogP contribution in [-0.4, -0.2) is 12.4 Å². The topological polar surface area (TPSA) is 0 Å². The van der Waals surface area contributed by atoms with Gasteiger partial charge in [0.2, 0.25) is 0 Å². The Bertz CT molecular complexity index is 705. The highest BCUT2D eigenvalue weighted by molar-refractivity contribution is 5.48. The second kappa shape index (κ2) is 7.09. The zero-order chi connectivity index (χ0) is 22.5. The molecule has 0 amide bonds. The average Bonchev–Trinajstić information content (AvgIpc) is 2.49. The van der Waals surface area contributed by atoms with Crippen molar-refractivity contribution in [1.29, 1.82) is 0 Å². The molecule has 0 aliphatic heterocycles. The van der Waals surface area contributed by atoms with Gasteiger partial charge in [0.25, 0.3) is 0 Å². The van der Waals surface area contributed by atoms with Crippen LogP contribution in [0.3, 0.4) is 0 Å². The van der Waals surface area contributed by atoms with Crippen molar-refractivity contribution in [2.24, 2.45) is 0 Å². The van der Waals surface area contributed by atoms with Crippen molar-refractivity contribution in [1.82, 2.24) is 0 Å². The van der Waals surface area contributed by atoms with Gasteiger partial charge < -0.3 is 0 Å². The lowest BCUT2D eigenvalue weighted by Crippen LogP contribution is -2.38. The van der Waals surface area contributed by atoms with Gasteiger partial charge in [-0.05, 0) is 41.0 Å². The SMILES string of the molecule is CCC(C)c1cc(C(F)(F)C(F)(F)F)c(C(C)(C)C)cc1C(F)(F)C(F)(F)F. The molecule has 0 aromatic heterocycles. The number of halogens is 10. The maximum absolute atomic E-state index is 14.1. The van der Waals surface area contributed by atoms with E-state index in [0.717, 1.165) is 20.8 Å². The maximum Gasteiger partial charge on any atom is 0.458 e. The molecule has 0 fully saturated rings. The normalized spacial score (nSPS) is 15.7. The largest absolute Gasteiger partial charge is 0.458 e. The summed E-state index contributed by atoms with van der Waals surface area (Å²) < 4.78 is 134. The van der Waals surface area contributed by atoms with Crippen molar-refractivity contribution in [2.45, 2.75) is 76.6 Å². The average molecular weight is 426 g/mol. The van der Waals surface area contributed by atoms with Crippen LogP contribution >= 0.6 is 0 Å². The van der Waals surface area contributed by atoms with E-state index in [0.29, 0.717) is 0 Å². The first-order valence-corrected chi connectivity index (χ1v) is 8.28. The Morgan fingerprint density at radius 1 is 0.679 bits per heavy atom. The van der Waals surface area contributed by atoms with Crippen LogP contribution in [0, 0.1) is 0 Å². The summed E-state index contributed by atoms with van der Waals surface area (Å²) in [5.74, 6) is -12.0. The van der Waals surface area contributed by atoms with Crippen molar-refractivity contribution < 1.29 is 43.9 Å². The van der Waals surface area contributed by atoms with Gasteiger partial charge in [-0.25, -0.2) is 0 Å². The first kappa shape index (κ1) is 24.6. The Hall–Kier alpha value is -1.48. The van der Waals surface area contributed by atoms with Gasteiger partial charge in [0.15, 0.2) is 0 Å². The third kappa shape index (κ3) is 4.25. The van der Waals surface area contributed by atoms with Gasteiger partial charge in [0, 0.05) is 11.1 Å². The fraction of sp³-hybridized carbons (Fsp3) is 0.667. The summed E-state index contributed by atoms with van der Waals surface area (Å²) in [7, 11) is 0. The molecule has 0 bridgehead atoms. The van der Waals surface area contributed by atoms with Gasteiger partial charge in [-0.2, -0.15) is 43.9 Å². The van der Waals surface area contributed by atoms with Crippen LogP contribution in [-0.2, 0) is 17.3 Å². The summed E-state index contributed by atoms with van der Waals surface area (Å²) in [6, 6.07) is 0.293. The highest BCUT2D eigenvalue weighted by Gasteiger charge is 2.62. The van der Waals surface area contributed by atoms with Crippen molar-refractivity contribution >= 4 is 0 Å². The summed E-state index contributed by atoms with van der Waals surface area (Å²) >= 11 is 0. The van der Waals surface area contributed by atoms with Crippen LogP contribution in [0.15, 0.2) is 12.1 Å². The molecule has 0 aliphatic rings. The summed E-state index contributed by atoms with van der Waals surface area (Å²) in [5, 5.41) is 0. The van der Waals surface area contributed by atoms with Crippen LogP contribution in [0.5, 0.6) is 0 Å². The monoisotopic (exact) mass is 426 g/mol. The van der Waals surface area contributed by atoms with E-state index in [-0.39, 0.29) is 18.6 Å². The molecule has 28 heavy (non-hydrogen) atoms. The van der Waals surface area contributed by atoms with E-state index in [1.807, 2.05) is 0 Å². The lowest BCUT2D eigenvalue weighted by atomic mass is 9.77. The third-order valence-electron chi connectivity index (χ3n) is 4.53. The lowest BCUT2D eigenvalue weighted by molar-refractivity contribution is -0.291. The molecule has 0 nitrogen and oxygen atoms in total. The minimum Gasteiger partial charge on any atom is -0.191 e. The van der Waals surface area contributed by atoms with E-state index in [1.165, 1.54) is 13.8 Å². The predicted molar refractivity (Wildman–Crippen MR) is 83.7 cm³/mol. The van der Waals surface area contributed by atoms with Gasteiger partial charge >= 0.3 is 24.2 Å². The summed E-state index contributed by atoms with van der Waals surface area (Å²) in [6.45, 7) is 6.02. The Morgan fingerprint density at radius 3 is 1.39 bits per heavy atom. The second-order valence-corrected chi connectivity index (χ2v) is 7.69. The first-order valence-electron chi connectivity index (χ1n) is 8.28. The minimum absolute atomic E-state index is 0.0488. The second-order valence-electron chi connectivity index (χ2n) is 7.69. The predicted octanol–water partition coefficient (Wildman–Crippen LogP) is 7.81. The van der Waals surface area contributed by atoms with E-state index >= 15 is 0 Å². The zero-order valence-electron chi connectivity index (χ0n) is 15.7. The minimum atomic E-state index is -6.05. The Kier molecular flexibility index (Phi) is 6.22. The zero-order valence-corrected chi connectivity index (χ0v) is 15.7. The van der Waals surface area contributed by atoms with Crippen molar-refractivity contribution in [3.8, 4) is 0 Å². The summed E-state index contributed by atoms with van der Waals surface area (Å²) in [5.41, 5.74) is -6.61. The molecule has 0 spiro atoms. The lowest BCUT2D eigenvalue weighted by Gasteiger charge is -2.33. The van der Waals surface area contributed by atoms with E-state index in [1.54, 1.807) is 0 Å². The fourth-order valence-electron chi connectivity index (χ4n) is 2.70. The molecule has 0 aliphatic carbocycles. The number of hydrogen-bond donors (Lipinski definition) is 0. The van der Waals surface area contributed by atoms with Gasteiger partial charge in [-0.1, -0.05) is 34.6 Å². The first-order chi connectivity index (χ1) is 12.2. The molecule has 1 aromatic carbocycles. The van der Waals surface area contributed by atoms with Crippen LogP contribution in [0.2, 0.25) is 0 Å². The molecule has 0 saturated carbocycles. The van der Waals surface area contributed by atoms with Crippen molar-refractivity contribution in [2.75, 3.05) is 0 Å². The van der Waals surface area contributed by atoms with Crippen LogP contribution in [0.4, 0.5) is 43.9 Å². The van der Waals surface area contributed by atoms with E-state index < -0.39 is 57.8 Å². The van der Waals surface area contributed by atoms with E-state index in [4.69, 9.17) is 0 Å². The molecule has 10 heteroatoms. The van der Waals surface area contributed by atoms with Gasteiger partial charge in [0.05, 0.1) is 0 Å². The van der Waals surface area contributed by atoms with E-state index in [9.17, 15) is 43.9 Å². The molecule has 1 rings (SSSR count). The molecule has 1 aromatic rings. The van der Waals surface area contributed by atoms with Gasteiger partial charge in [-0.15, -0.1) is 0 Å². The fourth-order valence-corrected chi connectivity index (χ4v) is 2.70. The number of rotatable bonds is 4. The van der Waals surface area contributed by atoms with E-state index in [2.05, 4.69) is 0 Å².